The van der Waals surface area contributed by atoms with Gasteiger partial charge in [-0.25, -0.2) is 0 Å². The van der Waals surface area contributed by atoms with Crippen molar-refractivity contribution in [3.63, 3.8) is 0 Å². The van der Waals surface area contributed by atoms with E-state index in [0.29, 0.717) is 0 Å². The second-order valence-corrected chi connectivity index (χ2v) is 10.4. The lowest BCUT2D eigenvalue weighted by Gasteiger charge is -2.25. The Morgan fingerprint density at radius 3 is 1.71 bits per heavy atom. The van der Waals surface area contributed by atoms with E-state index in [-0.39, 0.29) is 0 Å². The zero-order valence-electron chi connectivity index (χ0n) is 23.0. The largest absolute Gasteiger partial charge is 0.310 e. The fourth-order valence-corrected chi connectivity index (χ4v) is 5.58. The lowest BCUT2D eigenvalue weighted by Crippen LogP contribution is -2.09. The fraction of sp³-hybridized carbons (Fsp3) is 0.0256. The van der Waals surface area contributed by atoms with E-state index >= 15 is 0 Å². The van der Waals surface area contributed by atoms with Crippen molar-refractivity contribution < 1.29 is 0 Å². The van der Waals surface area contributed by atoms with Gasteiger partial charge in [0.05, 0.1) is 11.0 Å². The minimum atomic E-state index is 1.12. The zero-order valence-corrected chi connectivity index (χ0v) is 23.0. The smallest absolute Gasteiger partial charge is 0.0542 e. The topological polar surface area (TPSA) is 8.17 Å². The Labute approximate surface area is 241 Å². The Morgan fingerprint density at radius 2 is 1.00 bits per heavy atom. The Hall–Kier alpha value is -5.34. The Bertz CT molecular complexity index is 1960. The molecule has 0 fully saturated rings. The van der Waals surface area contributed by atoms with Crippen molar-refractivity contribution in [2.45, 2.75) is 6.92 Å². The molecular formula is C39H30N2. The molecule has 1 heterocycles. The van der Waals surface area contributed by atoms with Crippen LogP contribution >= 0.6 is 0 Å². The third kappa shape index (κ3) is 4.81. The number of para-hydroxylation sites is 3. The van der Waals surface area contributed by atoms with Gasteiger partial charge in [0.15, 0.2) is 0 Å². The molecule has 0 bridgehead atoms. The lowest BCUT2D eigenvalue weighted by molar-refractivity contribution is 1.18. The summed E-state index contributed by atoms with van der Waals surface area (Å²) in [6.45, 7) is 2.11. The Balaban J connectivity index is 1.32. The van der Waals surface area contributed by atoms with Gasteiger partial charge >= 0.3 is 0 Å². The minimum absolute atomic E-state index is 1.12. The molecule has 7 aromatic rings. The first-order valence-corrected chi connectivity index (χ1v) is 14.0. The van der Waals surface area contributed by atoms with Gasteiger partial charge in [-0.2, -0.15) is 0 Å². The Morgan fingerprint density at radius 1 is 0.463 bits per heavy atom. The average Bonchev–Trinajstić information content (AvgIpc) is 3.36. The van der Waals surface area contributed by atoms with Gasteiger partial charge < -0.3 is 9.47 Å². The van der Waals surface area contributed by atoms with Crippen molar-refractivity contribution >= 4 is 51.0 Å². The summed E-state index contributed by atoms with van der Waals surface area (Å²) in [5, 5.41) is 2.48. The van der Waals surface area contributed by atoms with E-state index in [0.717, 1.165) is 17.1 Å². The number of nitrogens with zero attached hydrogens (tertiary/aromatic N) is 2. The first-order valence-electron chi connectivity index (χ1n) is 14.0. The van der Waals surface area contributed by atoms with Crippen LogP contribution < -0.4 is 4.90 Å². The molecule has 0 N–H and O–H groups in total. The second kappa shape index (κ2) is 10.7. The van der Waals surface area contributed by atoms with E-state index in [1.165, 1.54) is 44.2 Å². The first kappa shape index (κ1) is 24.7. The van der Waals surface area contributed by atoms with Crippen LogP contribution in [-0.4, -0.2) is 4.57 Å². The summed E-state index contributed by atoms with van der Waals surface area (Å²) >= 11 is 0. The normalized spacial score (nSPS) is 11.4. The molecule has 1 aromatic heterocycles. The van der Waals surface area contributed by atoms with Crippen molar-refractivity contribution in [3.8, 4) is 5.69 Å². The molecule has 196 valence electrons. The van der Waals surface area contributed by atoms with E-state index in [2.05, 4.69) is 180 Å². The quantitative estimate of drug-likeness (QED) is 0.196. The summed E-state index contributed by atoms with van der Waals surface area (Å²) in [6.07, 6.45) is 4.34. The molecule has 2 nitrogen and oxygen atoms in total. The zero-order chi connectivity index (χ0) is 27.6. The maximum Gasteiger partial charge on any atom is 0.0542 e. The highest BCUT2D eigenvalue weighted by Gasteiger charge is 2.17. The predicted octanol–water partition coefficient (Wildman–Crippen LogP) is 10.7. The van der Waals surface area contributed by atoms with Gasteiger partial charge in [0, 0.05) is 33.5 Å². The monoisotopic (exact) mass is 526 g/mol. The van der Waals surface area contributed by atoms with Crippen LogP contribution in [0.4, 0.5) is 17.1 Å². The number of benzene rings is 6. The van der Waals surface area contributed by atoms with Crippen LogP contribution in [0.2, 0.25) is 0 Å². The van der Waals surface area contributed by atoms with E-state index in [9.17, 15) is 0 Å². The fourth-order valence-electron chi connectivity index (χ4n) is 5.58. The van der Waals surface area contributed by atoms with E-state index < -0.39 is 0 Å². The molecule has 41 heavy (non-hydrogen) atoms. The molecule has 7 rings (SSSR count). The van der Waals surface area contributed by atoms with Crippen LogP contribution in [0.5, 0.6) is 0 Å². The maximum absolute atomic E-state index is 2.36. The van der Waals surface area contributed by atoms with Gasteiger partial charge in [-0.15, -0.1) is 0 Å². The number of hydrogen-bond donors (Lipinski definition) is 0. The molecule has 2 heteroatoms. The molecule has 0 amide bonds. The highest BCUT2D eigenvalue weighted by Crippen LogP contribution is 2.39. The summed E-state index contributed by atoms with van der Waals surface area (Å²) in [4.78, 5) is 2.33. The highest BCUT2D eigenvalue weighted by molar-refractivity contribution is 6.10. The van der Waals surface area contributed by atoms with Crippen LogP contribution in [0.3, 0.4) is 0 Å². The summed E-state index contributed by atoms with van der Waals surface area (Å²) < 4.78 is 2.36. The molecular weight excluding hydrogens is 496 g/mol. The highest BCUT2D eigenvalue weighted by atomic mass is 15.1. The third-order valence-corrected chi connectivity index (χ3v) is 7.64. The molecule has 0 atom stereocenters. The predicted molar refractivity (Wildman–Crippen MR) is 176 cm³/mol. The third-order valence-electron chi connectivity index (χ3n) is 7.64. The molecule has 0 aliphatic heterocycles. The summed E-state index contributed by atoms with van der Waals surface area (Å²) in [7, 11) is 0. The summed E-state index contributed by atoms with van der Waals surface area (Å²) in [5.74, 6) is 0. The van der Waals surface area contributed by atoms with Gasteiger partial charge in [-0.3, -0.25) is 0 Å². The van der Waals surface area contributed by atoms with Gasteiger partial charge in [0.25, 0.3) is 0 Å². The van der Waals surface area contributed by atoms with Crippen molar-refractivity contribution in [2.24, 2.45) is 0 Å². The lowest BCUT2D eigenvalue weighted by atomic mass is 10.1. The van der Waals surface area contributed by atoms with Crippen molar-refractivity contribution in [1.82, 2.24) is 4.57 Å². The number of anilines is 3. The SMILES string of the molecule is Cc1ccc(C=Cc2ccc(N(c3ccccc3)c3ccc4c(c3)c3ccccc3n4-c3ccccc3)cc2)cc1. The number of hydrogen-bond acceptors (Lipinski definition) is 1. The summed E-state index contributed by atoms with van der Waals surface area (Å²) in [6, 6.07) is 54.1. The van der Waals surface area contributed by atoms with Gasteiger partial charge in [-0.1, -0.05) is 109 Å². The molecule has 0 aliphatic rings. The van der Waals surface area contributed by atoms with Crippen LogP contribution in [-0.2, 0) is 0 Å². The maximum atomic E-state index is 2.36. The van der Waals surface area contributed by atoms with Crippen LogP contribution in [0.25, 0.3) is 39.6 Å². The molecule has 0 aliphatic carbocycles. The van der Waals surface area contributed by atoms with E-state index in [4.69, 9.17) is 0 Å². The standard InChI is InChI=1S/C39H30N2/c1-29-16-18-30(19-17-29)20-21-31-22-24-34(25-23-31)40(32-10-4-2-5-11-32)35-26-27-39-37(28-35)36-14-8-9-15-38(36)41(39)33-12-6-3-7-13-33/h2-28H,1H3. The van der Waals surface area contributed by atoms with Gasteiger partial charge in [0.1, 0.15) is 0 Å². The molecule has 0 radical (unpaired) electrons. The molecule has 0 unspecified atom stereocenters. The van der Waals surface area contributed by atoms with Crippen LogP contribution in [0, 0.1) is 6.92 Å². The second-order valence-electron chi connectivity index (χ2n) is 10.4. The molecule has 0 saturated heterocycles. The van der Waals surface area contributed by atoms with E-state index in [1.54, 1.807) is 0 Å². The number of aromatic nitrogens is 1. The molecule has 6 aromatic carbocycles. The van der Waals surface area contributed by atoms with Crippen LogP contribution in [0.1, 0.15) is 16.7 Å². The minimum Gasteiger partial charge on any atom is -0.310 e. The van der Waals surface area contributed by atoms with Crippen molar-refractivity contribution in [3.05, 3.63) is 168 Å². The van der Waals surface area contributed by atoms with Crippen LogP contribution in [0.15, 0.2) is 152 Å². The van der Waals surface area contributed by atoms with Gasteiger partial charge in [-0.05, 0) is 78.7 Å². The van der Waals surface area contributed by atoms with Crippen molar-refractivity contribution in [1.29, 1.82) is 0 Å². The first-order chi connectivity index (χ1) is 20.2. The number of aryl methyl sites for hydroxylation is 1. The molecule has 0 spiro atoms. The number of rotatable bonds is 6. The number of fused-ring (bicyclic) bond motifs is 3. The summed E-state index contributed by atoms with van der Waals surface area (Å²) in [5.41, 5.74) is 10.6. The molecule has 0 saturated carbocycles. The van der Waals surface area contributed by atoms with Crippen molar-refractivity contribution in [2.75, 3.05) is 4.90 Å². The van der Waals surface area contributed by atoms with E-state index in [1.807, 2.05) is 0 Å². The van der Waals surface area contributed by atoms with Gasteiger partial charge in [0.2, 0.25) is 0 Å². The average molecular weight is 527 g/mol. The Kier molecular flexibility index (Phi) is 6.42.